The SMILES string of the molecule is CC(=O)O[C@@H]1[C@H](OC(C)=O)[C@@H](OC(C)=O)CO[C@@H]1n1ccc2ccccc21. The second kappa shape index (κ2) is 7.79. The van der Waals surface area contributed by atoms with Crippen molar-refractivity contribution in [3.63, 3.8) is 0 Å². The first-order valence-corrected chi connectivity index (χ1v) is 8.55. The Morgan fingerprint density at radius 3 is 2.22 bits per heavy atom. The van der Waals surface area contributed by atoms with E-state index < -0.39 is 42.4 Å². The van der Waals surface area contributed by atoms with Crippen molar-refractivity contribution in [1.29, 1.82) is 0 Å². The topological polar surface area (TPSA) is 93.1 Å². The van der Waals surface area contributed by atoms with Crippen LogP contribution in [0.4, 0.5) is 0 Å². The standard InChI is InChI=1S/C19H21NO7/c1-11(21)25-16-10-24-19(18(27-13(3)23)17(16)26-12(2)22)20-9-8-14-6-4-5-7-15(14)20/h4-9,16-19H,10H2,1-3H3/t16-,17+,18+,19-/m0/s1. The van der Waals surface area contributed by atoms with Gasteiger partial charge in [-0.05, 0) is 17.5 Å². The van der Waals surface area contributed by atoms with E-state index in [1.165, 1.54) is 20.8 Å². The fourth-order valence-electron chi connectivity index (χ4n) is 3.29. The van der Waals surface area contributed by atoms with Gasteiger partial charge in [-0.1, -0.05) is 18.2 Å². The fourth-order valence-corrected chi connectivity index (χ4v) is 3.29. The van der Waals surface area contributed by atoms with E-state index in [1.807, 2.05) is 41.1 Å². The largest absolute Gasteiger partial charge is 0.456 e. The number of ether oxygens (including phenoxy) is 4. The number of hydrogen-bond acceptors (Lipinski definition) is 7. The molecule has 27 heavy (non-hydrogen) atoms. The summed E-state index contributed by atoms with van der Waals surface area (Å²) in [6.07, 6.45) is -1.79. The molecule has 0 unspecified atom stereocenters. The van der Waals surface area contributed by atoms with Crippen LogP contribution >= 0.6 is 0 Å². The summed E-state index contributed by atoms with van der Waals surface area (Å²) >= 11 is 0. The number of carbonyl (C=O) groups excluding carboxylic acids is 3. The van der Waals surface area contributed by atoms with Crippen molar-refractivity contribution < 1.29 is 33.3 Å². The number of rotatable bonds is 4. The molecule has 1 saturated heterocycles. The Hall–Kier alpha value is -2.87. The highest BCUT2D eigenvalue weighted by Gasteiger charge is 2.47. The Labute approximate surface area is 155 Å². The number of hydrogen-bond donors (Lipinski definition) is 0. The molecule has 4 atom stereocenters. The lowest BCUT2D eigenvalue weighted by Crippen LogP contribution is -2.55. The summed E-state index contributed by atoms with van der Waals surface area (Å²) in [5, 5.41) is 0.980. The van der Waals surface area contributed by atoms with Crippen LogP contribution in [0.2, 0.25) is 0 Å². The summed E-state index contributed by atoms with van der Waals surface area (Å²) in [6.45, 7) is 3.74. The predicted octanol–water partition coefficient (Wildman–Crippen LogP) is 1.97. The number of para-hydroxylation sites is 1. The van der Waals surface area contributed by atoms with Crippen LogP contribution in [0.15, 0.2) is 36.5 Å². The minimum absolute atomic E-state index is 0.00748. The Bertz CT molecular complexity index is 859. The number of benzene rings is 1. The van der Waals surface area contributed by atoms with Gasteiger partial charge in [0.15, 0.2) is 24.5 Å². The molecule has 1 aromatic heterocycles. The lowest BCUT2D eigenvalue weighted by molar-refractivity contribution is -0.239. The average molecular weight is 375 g/mol. The molecule has 1 aliphatic rings. The zero-order chi connectivity index (χ0) is 19.6. The van der Waals surface area contributed by atoms with Crippen molar-refractivity contribution in [2.24, 2.45) is 0 Å². The monoisotopic (exact) mass is 375 g/mol. The maximum Gasteiger partial charge on any atom is 0.303 e. The summed E-state index contributed by atoms with van der Waals surface area (Å²) in [7, 11) is 0. The van der Waals surface area contributed by atoms with Gasteiger partial charge in [-0.25, -0.2) is 0 Å². The van der Waals surface area contributed by atoms with Crippen LogP contribution in [-0.2, 0) is 33.3 Å². The van der Waals surface area contributed by atoms with Gasteiger partial charge in [-0.3, -0.25) is 14.4 Å². The minimum Gasteiger partial charge on any atom is -0.456 e. The van der Waals surface area contributed by atoms with Crippen molar-refractivity contribution in [2.75, 3.05) is 6.61 Å². The van der Waals surface area contributed by atoms with Gasteiger partial charge in [-0.2, -0.15) is 0 Å². The van der Waals surface area contributed by atoms with Crippen LogP contribution in [0.5, 0.6) is 0 Å². The van der Waals surface area contributed by atoms with Gasteiger partial charge >= 0.3 is 17.9 Å². The molecule has 1 aromatic carbocycles. The normalized spacial score (nSPS) is 25.0. The first-order valence-electron chi connectivity index (χ1n) is 8.55. The van der Waals surface area contributed by atoms with E-state index in [1.54, 1.807) is 0 Å². The van der Waals surface area contributed by atoms with E-state index in [0.717, 1.165) is 10.9 Å². The van der Waals surface area contributed by atoms with Gasteiger partial charge in [0.05, 0.1) is 12.1 Å². The van der Waals surface area contributed by atoms with Crippen molar-refractivity contribution in [1.82, 2.24) is 4.57 Å². The van der Waals surface area contributed by atoms with Crippen LogP contribution in [0, 0.1) is 0 Å². The van der Waals surface area contributed by atoms with Gasteiger partial charge in [-0.15, -0.1) is 0 Å². The number of aromatic nitrogens is 1. The van der Waals surface area contributed by atoms with Crippen LogP contribution in [-0.4, -0.2) is 47.4 Å². The van der Waals surface area contributed by atoms with Crippen LogP contribution in [0.1, 0.15) is 27.0 Å². The Balaban J connectivity index is 2.01. The molecule has 2 aromatic rings. The van der Waals surface area contributed by atoms with Crippen LogP contribution < -0.4 is 0 Å². The summed E-state index contributed by atoms with van der Waals surface area (Å²) in [5.74, 6) is -1.69. The Morgan fingerprint density at radius 1 is 0.926 bits per heavy atom. The third-order valence-corrected chi connectivity index (χ3v) is 4.23. The third-order valence-electron chi connectivity index (χ3n) is 4.23. The van der Waals surface area contributed by atoms with Crippen LogP contribution in [0.3, 0.4) is 0 Å². The Morgan fingerprint density at radius 2 is 1.56 bits per heavy atom. The van der Waals surface area contributed by atoms with Crippen molar-refractivity contribution in [2.45, 2.75) is 45.3 Å². The molecule has 0 bridgehead atoms. The van der Waals surface area contributed by atoms with Crippen molar-refractivity contribution in [3.8, 4) is 0 Å². The van der Waals surface area contributed by atoms with Gasteiger partial charge in [0.25, 0.3) is 0 Å². The number of nitrogens with zero attached hydrogens (tertiary/aromatic N) is 1. The quantitative estimate of drug-likeness (QED) is 0.596. The summed E-state index contributed by atoms with van der Waals surface area (Å²) in [6, 6.07) is 9.55. The third kappa shape index (κ3) is 4.11. The second-order valence-electron chi connectivity index (χ2n) is 6.30. The zero-order valence-electron chi connectivity index (χ0n) is 15.3. The van der Waals surface area contributed by atoms with E-state index in [-0.39, 0.29) is 6.61 Å². The maximum absolute atomic E-state index is 11.7. The molecule has 8 nitrogen and oxygen atoms in total. The summed E-state index contributed by atoms with van der Waals surface area (Å²) in [4.78, 5) is 34.8. The molecule has 0 spiro atoms. The van der Waals surface area contributed by atoms with E-state index in [9.17, 15) is 14.4 Å². The number of fused-ring (bicyclic) bond motifs is 1. The molecule has 8 heteroatoms. The predicted molar refractivity (Wildman–Crippen MR) is 93.6 cm³/mol. The second-order valence-corrected chi connectivity index (χ2v) is 6.30. The zero-order valence-corrected chi connectivity index (χ0v) is 15.3. The number of carbonyl (C=O) groups is 3. The first kappa shape index (κ1) is 18.9. The van der Waals surface area contributed by atoms with E-state index in [0.29, 0.717) is 0 Å². The lowest BCUT2D eigenvalue weighted by atomic mass is 10.0. The Kier molecular flexibility index (Phi) is 5.46. The summed E-state index contributed by atoms with van der Waals surface area (Å²) in [5.41, 5.74) is 0.868. The van der Waals surface area contributed by atoms with Gasteiger partial charge in [0.2, 0.25) is 0 Å². The highest BCUT2D eigenvalue weighted by molar-refractivity contribution is 5.80. The molecule has 0 amide bonds. The maximum atomic E-state index is 11.7. The molecule has 0 saturated carbocycles. The molecular weight excluding hydrogens is 354 g/mol. The molecule has 2 heterocycles. The highest BCUT2D eigenvalue weighted by Crippen LogP contribution is 2.33. The van der Waals surface area contributed by atoms with Gasteiger partial charge < -0.3 is 23.5 Å². The first-order chi connectivity index (χ1) is 12.9. The lowest BCUT2D eigenvalue weighted by Gasteiger charge is -2.41. The van der Waals surface area contributed by atoms with Gasteiger partial charge in [0.1, 0.15) is 0 Å². The highest BCUT2D eigenvalue weighted by atomic mass is 16.6. The van der Waals surface area contributed by atoms with E-state index in [4.69, 9.17) is 18.9 Å². The molecule has 3 rings (SSSR count). The molecule has 0 aliphatic carbocycles. The molecule has 144 valence electrons. The van der Waals surface area contributed by atoms with Crippen LogP contribution in [0.25, 0.3) is 10.9 Å². The van der Waals surface area contributed by atoms with Gasteiger partial charge in [0, 0.05) is 27.0 Å². The minimum atomic E-state index is -0.991. The van der Waals surface area contributed by atoms with Crippen molar-refractivity contribution in [3.05, 3.63) is 36.5 Å². The summed E-state index contributed by atoms with van der Waals surface area (Å²) < 4.78 is 23.7. The number of esters is 3. The molecular formula is C19H21NO7. The average Bonchev–Trinajstić information content (AvgIpc) is 3.00. The molecule has 0 radical (unpaired) electrons. The fraction of sp³-hybridized carbons (Fsp3) is 0.421. The molecule has 1 fully saturated rings. The van der Waals surface area contributed by atoms with E-state index in [2.05, 4.69) is 0 Å². The molecule has 0 N–H and O–H groups in total. The molecule has 1 aliphatic heterocycles. The smallest absolute Gasteiger partial charge is 0.303 e. The van der Waals surface area contributed by atoms with Crippen molar-refractivity contribution >= 4 is 28.8 Å². The van der Waals surface area contributed by atoms with E-state index >= 15 is 0 Å².